The van der Waals surface area contributed by atoms with Gasteiger partial charge in [0.15, 0.2) is 5.71 Å². The molecule has 2 aromatic carbocycles. The van der Waals surface area contributed by atoms with Crippen LogP contribution in [0.5, 0.6) is 0 Å². The van der Waals surface area contributed by atoms with Crippen LogP contribution < -0.4 is 10.4 Å². The highest BCUT2D eigenvalue weighted by atomic mass is 35.5. The maximum atomic E-state index is 12.4. The van der Waals surface area contributed by atoms with E-state index in [9.17, 15) is 9.59 Å². The number of amides is 1. The van der Waals surface area contributed by atoms with Crippen LogP contribution in [0.1, 0.15) is 13.3 Å². The van der Waals surface area contributed by atoms with E-state index >= 15 is 0 Å². The maximum absolute atomic E-state index is 12.4. The van der Waals surface area contributed by atoms with Gasteiger partial charge in [-0.3, -0.25) is 10.2 Å². The van der Waals surface area contributed by atoms with Crippen molar-refractivity contribution in [1.82, 2.24) is 0 Å². The van der Waals surface area contributed by atoms with Crippen molar-refractivity contribution in [2.75, 3.05) is 17.0 Å². The SMILES string of the molecule is CCOC(=O)/C(=N\Nc1ccc(Cl)cc1)C1=NN(c2ccccc2)C(=O)C1. The number of hydrazone groups is 2. The zero-order valence-electron chi connectivity index (χ0n) is 14.6. The predicted octanol–water partition coefficient (Wildman–Crippen LogP) is 3.46. The Kier molecular flexibility index (Phi) is 5.83. The summed E-state index contributed by atoms with van der Waals surface area (Å²) in [4.78, 5) is 24.7. The average molecular weight is 385 g/mol. The zero-order chi connectivity index (χ0) is 19.2. The summed E-state index contributed by atoms with van der Waals surface area (Å²) in [6.45, 7) is 1.88. The van der Waals surface area contributed by atoms with Gasteiger partial charge in [-0.15, -0.1) is 0 Å². The molecule has 0 saturated heterocycles. The van der Waals surface area contributed by atoms with Crippen LogP contribution in [0.2, 0.25) is 5.02 Å². The average Bonchev–Trinajstić information content (AvgIpc) is 3.06. The molecule has 1 aliphatic heterocycles. The summed E-state index contributed by atoms with van der Waals surface area (Å²) < 4.78 is 5.06. The van der Waals surface area contributed by atoms with Crippen molar-refractivity contribution in [2.45, 2.75) is 13.3 Å². The van der Waals surface area contributed by atoms with E-state index in [1.165, 1.54) is 5.01 Å². The molecule has 1 amide bonds. The van der Waals surface area contributed by atoms with Gasteiger partial charge in [0.25, 0.3) is 5.91 Å². The lowest BCUT2D eigenvalue weighted by atomic mass is 10.2. The molecule has 2 aromatic rings. The van der Waals surface area contributed by atoms with E-state index in [4.69, 9.17) is 16.3 Å². The third-order valence-electron chi connectivity index (χ3n) is 3.66. The zero-order valence-corrected chi connectivity index (χ0v) is 15.3. The van der Waals surface area contributed by atoms with E-state index in [1.54, 1.807) is 55.5 Å². The number of esters is 1. The minimum absolute atomic E-state index is 0.0430. The molecule has 7 nitrogen and oxygen atoms in total. The fourth-order valence-electron chi connectivity index (χ4n) is 2.40. The number of nitrogens with zero attached hydrogens (tertiary/aromatic N) is 3. The first kappa shape index (κ1) is 18.6. The molecule has 3 rings (SSSR count). The Labute approximate surface area is 161 Å². The van der Waals surface area contributed by atoms with Crippen LogP contribution in [0.25, 0.3) is 0 Å². The lowest BCUT2D eigenvalue weighted by molar-refractivity contribution is -0.134. The highest BCUT2D eigenvalue weighted by Gasteiger charge is 2.32. The summed E-state index contributed by atoms with van der Waals surface area (Å²) in [7, 11) is 0. The minimum atomic E-state index is -0.652. The molecule has 1 aliphatic rings. The number of carbonyl (C=O) groups is 2. The van der Waals surface area contributed by atoms with Crippen molar-refractivity contribution in [2.24, 2.45) is 10.2 Å². The molecule has 0 atom stereocenters. The fourth-order valence-corrected chi connectivity index (χ4v) is 2.53. The van der Waals surface area contributed by atoms with Gasteiger partial charge in [-0.25, -0.2) is 9.80 Å². The largest absolute Gasteiger partial charge is 0.461 e. The molecule has 0 fully saturated rings. The van der Waals surface area contributed by atoms with Crippen LogP contribution in [-0.4, -0.2) is 29.9 Å². The van der Waals surface area contributed by atoms with Gasteiger partial charge in [-0.2, -0.15) is 10.2 Å². The molecule has 27 heavy (non-hydrogen) atoms. The molecular weight excluding hydrogens is 368 g/mol. The van der Waals surface area contributed by atoms with Gasteiger partial charge in [0.1, 0.15) is 5.71 Å². The van der Waals surface area contributed by atoms with Gasteiger partial charge >= 0.3 is 5.97 Å². The van der Waals surface area contributed by atoms with Crippen LogP contribution in [-0.2, 0) is 14.3 Å². The standard InChI is InChI=1S/C19H17ClN4O3/c1-2-27-19(26)18(22-21-14-10-8-13(20)9-11-14)16-12-17(25)24(23-16)15-6-4-3-5-7-15/h3-11,21H,2,12H2,1H3/b22-18-. The summed E-state index contributed by atoms with van der Waals surface area (Å²) in [5, 5.41) is 10.2. The van der Waals surface area contributed by atoms with E-state index < -0.39 is 5.97 Å². The third kappa shape index (κ3) is 4.51. The van der Waals surface area contributed by atoms with E-state index in [1.807, 2.05) is 6.07 Å². The lowest BCUT2D eigenvalue weighted by Crippen LogP contribution is -2.27. The second-order valence-electron chi connectivity index (χ2n) is 5.56. The van der Waals surface area contributed by atoms with Crippen molar-refractivity contribution < 1.29 is 14.3 Å². The highest BCUT2D eigenvalue weighted by Crippen LogP contribution is 2.21. The first-order valence-corrected chi connectivity index (χ1v) is 8.68. The van der Waals surface area contributed by atoms with E-state index in [-0.39, 0.29) is 30.4 Å². The third-order valence-corrected chi connectivity index (χ3v) is 3.91. The van der Waals surface area contributed by atoms with Crippen LogP contribution in [0.3, 0.4) is 0 Å². The molecule has 0 aromatic heterocycles. The molecule has 8 heteroatoms. The van der Waals surface area contributed by atoms with Crippen molar-refractivity contribution in [3.63, 3.8) is 0 Å². The van der Waals surface area contributed by atoms with Gasteiger partial charge in [0.05, 0.1) is 24.4 Å². The van der Waals surface area contributed by atoms with Crippen LogP contribution >= 0.6 is 11.6 Å². The van der Waals surface area contributed by atoms with Crippen molar-refractivity contribution in [1.29, 1.82) is 0 Å². The second kappa shape index (κ2) is 8.46. The van der Waals surface area contributed by atoms with Gasteiger partial charge in [-0.1, -0.05) is 29.8 Å². The number of hydrogen-bond donors (Lipinski definition) is 1. The van der Waals surface area contributed by atoms with Crippen LogP contribution in [0.15, 0.2) is 64.8 Å². The van der Waals surface area contributed by atoms with E-state index in [0.29, 0.717) is 16.4 Å². The molecule has 0 bridgehead atoms. The van der Waals surface area contributed by atoms with Crippen molar-refractivity contribution in [3.05, 3.63) is 59.6 Å². The maximum Gasteiger partial charge on any atom is 0.360 e. The van der Waals surface area contributed by atoms with Gasteiger partial charge in [-0.05, 0) is 43.3 Å². The first-order chi connectivity index (χ1) is 13.1. The van der Waals surface area contributed by atoms with E-state index in [0.717, 1.165) is 0 Å². The Morgan fingerprint density at radius 3 is 2.59 bits per heavy atom. The second-order valence-corrected chi connectivity index (χ2v) is 6.00. The quantitative estimate of drug-likeness (QED) is 0.469. The van der Waals surface area contributed by atoms with Gasteiger partial charge in [0.2, 0.25) is 0 Å². The molecule has 138 valence electrons. The summed E-state index contributed by atoms with van der Waals surface area (Å²) in [5.41, 5.74) is 4.22. The number of nitrogens with one attached hydrogen (secondary N) is 1. The molecule has 1 heterocycles. The smallest absolute Gasteiger partial charge is 0.360 e. The lowest BCUT2D eigenvalue weighted by Gasteiger charge is -2.10. The van der Waals surface area contributed by atoms with Crippen LogP contribution in [0.4, 0.5) is 11.4 Å². The number of ether oxygens (including phenoxy) is 1. The Balaban J connectivity index is 1.88. The van der Waals surface area contributed by atoms with Gasteiger partial charge in [0, 0.05) is 5.02 Å². The Morgan fingerprint density at radius 2 is 1.93 bits per heavy atom. The van der Waals surface area contributed by atoms with Crippen molar-refractivity contribution >= 4 is 46.3 Å². The topological polar surface area (TPSA) is 83.4 Å². The molecule has 0 saturated carbocycles. The molecule has 1 N–H and O–H groups in total. The number of halogens is 1. The number of rotatable bonds is 6. The number of hydrogen-bond acceptors (Lipinski definition) is 6. The van der Waals surface area contributed by atoms with E-state index in [2.05, 4.69) is 15.6 Å². The number of carbonyl (C=O) groups excluding carboxylic acids is 2. The first-order valence-electron chi connectivity index (χ1n) is 8.30. The fraction of sp³-hybridized carbons (Fsp3) is 0.158. The number of benzene rings is 2. The molecule has 0 aliphatic carbocycles. The molecule has 0 spiro atoms. The number of anilines is 2. The normalized spacial score (nSPS) is 14.1. The molecule has 0 radical (unpaired) electrons. The Hall–Kier alpha value is -3.19. The highest BCUT2D eigenvalue weighted by molar-refractivity contribution is 6.67. The summed E-state index contributed by atoms with van der Waals surface area (Å²) in [6, 6.07) is 15.8. The number of para-hydroxylation sites is 1. The summed E-state index contributed by atoms with van der Waals surface area (Å²) in [6.07, 6.45) is -0.0468. The predicted molar refractivity (Wildman–Crippen MR) is 105 cm³/mol. The summed E-state index contributed by atoms with van der Waals surface area (Å²) >= 11 is 5.86. The minimum Gasteiger partial charge on any atom is -0.461 e. The summed E-state index contributed by atoms with van der Waals surface area (Å²) in [5.74, 6) is -0.903. The van der Waals surface area contributed by atoms with Gasteiger partial charge < -0.3 is 4.74 Å². The molecule has 0 unspecified atom stereocenters. The Bertz CT molecular complexity index is 895. The van der Waals surface area contributed by atoms with Crippen molar-refractivity contribution in [3.8, 4) is 0 Å². The van der Waals surface area contributed by atoms with Crippen LogP contribution in [0, 0.1) is 0 Å². The monoisotopic (exact) mass is 384 g/mol. The molecular formula is C19H17ClN4O3. The Morgan fingerprint density at radius 1 is 1.22 bits per heavy atom.